The Kier molecular flexibility index (Phi) is 8.74. The van der Waals surface area contributed by atoms with E-state index < -0.39 is 10.0 Å². The first-order valence-electron chi connectivity index (χ1n) is 7.71. The molecule has 0 amide bonds. The summed E-state index contributed by atoms with van der Waals surface area (Å²) >= 11 is 0. The van der Waals surface area contributed by atoms with Crippen LogP contribution in [-0.4, -0.2) is 20.4 Å². The molecule has 0 bridgehead atoms. The lowest BCUT2D eigenvalue weighted by Crippen LogP contribution is -2.21. The average molecular weight is 310 g/mol. The fraction of sp³-hybridized carbons (Fsp3) is 0.562. The maximum absolute atomic E-state index is 11.7. The molecule has 0 aliphatic rings. The fourth-order valence-corrected chi connectivity index (χ4v) is 2.90. The van der Waals surface area contributed by atoms with Crippen molar-refractivity contribution in [3.8, 4) is 0 Å². The zero-order valence-corrected chi connectivity index (χ0v) is 13.6. The Labute approximate surface area is 128 Å². The monoisotopic (exact) mass is 310 g/mol. The summed E-state index contributed by atoms with van der Waals surface area (Å²) in [6.45, 7) is 2.19. The lowest BCUT2D eigenvalue weighted by atomic mass is 10.1. The number of sulfonamides is 1. The van der Waals surface area contributed by atoms with Gasteiger partial charge in [-0.25, -0.2) is 13.2 Å². The number of unbranched alkanes of at least 4 members (excludes halogenated alkanes) is 6. The van der Waals surface area contributed by atoms with E-state index in [2.05, 4.69) is 16.9 Å². The number of hydrogen-bond acceptors (Lipinski definition) is 3. The van der Waals surface area contributed by atoms with Crippen molar-refractivity contribution in [2.24, 2.45) is 5.10 Å². The molecular weight excluding hydrogens is 284 g/mol. The fourth-order valence-electron chi connectivity index (χ4n) is 2.02. The van der Waals surface area contributed by atoms with Crippen molar-refractivity contribution in [3.05, 3.63) is 35.9 Å². The first kappa shape index (κ1) is 17.7. The number of benzene rings is 1. The van der Waals surface area contributed by atoms with Crippen LogP contribution in [-0.2, 0) is 10.0 Å². The number of hydrazone groups is 1. The van der Waals surface area contributed by atoms with Crippen molar-refractivity contribution in [1.29, 1.82) is 0 Å². The Morgan fingerprint density at radius 2 is 1.62 bits per heavy atom. The molecule has 0 aromatic heterocycles. The van der Waals surface area contributed by atoms with Crippen LogP contribution in [0.1, 0.15) is 57.4 Å². The maximum Gasteiger partial charge on any atom is 0.247 e. The predicted molar refractivity (Wildman–Crippen MR) is 89.0 cm³/mol. The Balaban J connectivity index is 2.17. The van der Waals surface area contributed by atoms with E-state index in [-0.39, 0.29) is 5.75 Å². The van der Waals surface area contributed by atoms with Gasteiger partial charge in [-0.2, -0.15) is 5.10 Å². The zero-order valence-electron chi connectivity index (χ0n) is 12.8. The molecule has 1 rings (SSSR count). The lowest BCUT2D eigenvalue weighted by molar-refractivity contribution is 0.570. The largest absolute Gasteiger partial charge is 0.247 e. The molecule has 5 heteroatoms. The van der Waals surface area contributed by atoms with Crippen LogP contribution in [0.25, 0.3) is 0 Å². The van der Waals surface area contributed by atoms with Crippen molar-refractivity contribution < 1.29 is 8.42 Å². The highest BCUT2D eigenvalue weighted by atomic mass is 32.2. The van der Waals surface area contributed by atoms with Crippen molar-refractivity contribution in [2.45, 2.75) is 51.9 Å². The highest BCUT2D eigenvalue weighted by Gasteiger charge is 2.07. The molecule has 0 saturated heterocycles. The molecule has 118 valence electrons. The van der Waals surface area contributed by atoms with Gasteiger partial charge in [-0.15, -0.1) is 0 Å². The minimum absolute atomic E-state index is 0.146. The molecule has 0 atom stereocenters. The first-order valence-corrected chi connectivity index (χ1v) is 9.37. The van der Waals surface area contributed by atoms with Gasteiger partial charge in [-0.1, -0.05) is 75.8 Å². The minimum Gasteiger partial charge on any atom is -0.205 e. The van der Waals surface area contributed by atoms with Gasteiger partial charge in [0, 0.05) is 0 Å². The number of rotatable bonds is 11. The number of hydrogen-bond donors (Lipinski definition) is 1. The van der Waals surface area contributed by atoms with Gasteiger partial charge in [0.25, 0.3) is 0 Å². The van der Waals surface area contributed by atoms with Gasteiger partial charge >= 0.3 is 0 Å². The van der Waals surface area contributed by atoms with E-state index in [0.717, 1.165) is 18.4 Å². The van der Waals surface area contributed by atoms with Gasteiger partial charge in [-0.05, 0) is 12.0 Å². The van der Waals surface area contributed by atoms with E-state index in [1.165, 1.54) is 31.9 Å². The molecule has 21 heavy (non-hydrogen) atoms. The second-order valence-corrected chi connectivity index (χ2v) is 7.02. The summed E-state index contributed by atoms with van der Waals surface area (Å²) in [4.78, 5) is 2.26. The molecule has 0 aliphatic carbocycles. The molecule has 0 radical (unpaired) electrons. The molecule has 0 fully saturated rings. The third kappa shape index (κ3) is 9.24. The van der Waals surface area contributed by atoms with Crippen LogP contribution in [0.15, 0.2) is 35.4 Å². The molecular formula is C16H26N2O2S. The van der Waals surface area contributed by atoms with Crippen molar-refractivity contribution in [1.82, 2.24) is 4.83 Å². The summed E-state index contributed by atoms with van der Waals surface area (Å²) in [6, 6.07) is 9.41. The van der Waals surface area contributed by atoms with Crippen LogP contribution in [0, 0.1) is 0 Å². The van der Waals surface area contributed by atoms with Crippen LogP contribution < -0.4 is 4.83 Å². The van der Waals surface area contributed by atoms with E-state index >= 15 is 0 Å². The molecule has 1 aromatic carbocycles. The zero-order chi connectivity index (χ0) is 15.4. The Bertz CT molecular complexity index is 498. The predicted octanol–water partition coefficient (Wildman–Crippen LogP) is 3.69. The van der Waals surface area contributed by atoms with Crippen LogP contribution in [0.3, 0.4) is 0 Å². The quantitative estimate of drug-likeness (QED) is 0.385. The Morgan fingerprint density at radius 1 is 1.00 bits per heavy atom. The summed E-state index contributed by atoms with van der Waals surface area (Å²) in [5, 5.41) is 3.79. The normalized spacial score (nSPS) is 11.9. The molecule has 0 heterocycles. The molecule has 1 N–H and O–H groups in total. The molecule has 4 nitrogen and oxygen atoms in total. The van der Waals surface area contributed by atoms with Gasteiger partial charge in [0.05, 0.1) is 12.0 Å². The molecule has 0 saturated carbocycles. The molecule has 0 spiro atoms. The van der Waals surface area contributed by atoms with E-state index in [9.17, 15) is 8.42 Å². The lowest BCUT2D eigenvalue weighted by Gasteiger charge is -2.03. The minimum atomic E-state index is -3.30. The number of nitrogens with one attached hydrogen (secondary N) is 1. The van der Waals surface area contributed by atoms with Crippen molar-refractivity contribution in [2.75, 3.05) is 5.75 Å². The first-order chi connectivity index (χ1) is 10.1. The highest BCUT2D eigenvalue weighted by Crippen LogP contribution is 2.07. The second kappa shape index (κ2) is 10.4. The summed E-state index contributed by atoms with van der Waals surface area (Å²) in [7, 11) is -3.30. The highest BCUT2D eigenvalue weighted by molar-refractivity contribution is 7.89. The SMILES string of the molecule is CCCCCCCCCS(=O)(=O)N/N=C/c1ccccc1. The average Bonchev–Trinajstić information content (AvgIpc) is 2.47. The Morgan fingerprint density at radius 3 is 2.29 bits per heavy atom. The smallest absolute Gasteiger partial charge is 0.205 e. The second-order valence-electron chi connectivity index (χ2n) is 5.20. The summed E-state index contributed by atoms with van der Waals surface area (Å²) in [5.74, 6) is 0.146. The van der Waals surface area contributed by atoms with E-state index in [1.807, 2.05) is 30.3 Å². The van der Waals surface area contributed by atoms with Gasteiger partial charge in [-0.3, -0.25) is 0 Å². The molecule has 1 aromatic rings. The summed E-state index contributed by atoms with van der Waals surface area (Å²) < 4.78 is 23.5. The Hall–Kier alpha value is -1.36. The van der Waals surface area contributed by atoms with Gasteiger partial charge < -0.3 is 0 Å². The molecule has 0 unspecified atom stereocenters. The van der Waals surface area contributed by atoms with E-state index in [4.69, 9.17) is 0 Å². The molecule has 0 aliphatic heterocycles. The third-order valence-corrected chi connectivity index (χ3v) is 4.43. The van der Waals surface area contributed by atoms with Gasteiger partial charge in [0.2, 0.25) is 10.0 Å². The van der Waals surface area contributed by atoms with Crippen molar-refractivity contribution >= 4 is 16.2 Å². The third-order valence-electron chi connectivity index (χ3n) is 3.22. The topological polar surface area (TPSA) is 58.5 Å². The van der Waals surface area contributed by atoms with Gasteiger partial charge in [0.1, 0.15) is 0 Å². The number of nitrogens with zero attached hydrogens (tertiary/aromatic N) is 1. The summed E-state index contributed by atoms with van der Waals surface area (Å²) in [6.07, 6.45) is 9.25. The summed E-state index contributed by atoms with van der Waals surface area (Å²) in [5.41, 5.74) is 0.871. The standard InChI is InChI=1S/C16H26N2O2S/c1-2-3-4-5-6-7-11-14-21(19,20)18-17-15-16-12-9-8-10-13-16/h8-10,12-13,15,18H,2-7,11,14H2,1H3/b17-15+. The van der Waals surface area contributed by atoms with Crippen LogP contribution in [0.4, 0.5) is 0 Å². The maximum atomic E-state index is 11.7. The van der Waals surface area contributed by atoms with Crippen LogP contribution in [0.2, 0.25) is 0 Å². The van der Waals surface area contributed by atoms with Crippen molar-refractivity contribution in [3.63, 3.8) is 0 Å². The van der Waals surface area contributed by atoms with Crippen LogP contribution >= 0.6 is 0 Å². The van der Waals surface area contributed by atoms with E-state index in [0.29, 0.717) is 6.42 Å². The van der Waals surface area contributed by atoms with Crippen LogP contribution in [0.5, 0.6) is 0 Å². The van der Waals surface area contributed by atoms with Gasteiger partial charge in [0.15, 0.2) is 0 Å². The van der Waals surface area contributed by atoms with E-state index in [1.54, 1.807) is 0 Å².